The highest BCUT2D eigenvalue weighted by molar-refractivity contribution is 7.89. The first-order chi connectivity index (χ1) is 8.30. The summed E-state index contributed by atoms with van der Waals surface area (Å²) in [7, 11) is -4.22. The molecule has 1 aromatic rings. The van der Waals surface area contributed by atoms with Crippen LogP contribution >= 0.6 is 0 Å². The van der Waals surface area contributed by atoms with E-state index in [1.54, 1.807) is 6.92 Å². The molecule has 2 rings (SSSR count). The van der Waals surface area contributed by atoms with Gasteiger partial charge in [0.05, 0.1) is 5.60 Å². The first kappa shape index (κ1) is 13.4. The van der Waals surface area contributed by atoms with Crippen molar-refractivity contribution in [2.75, 3.05) is 13.1 Å². The van der Waals surface area contributed by atoms with Gasteiger partial charge in [-0.15, -0.1) is 0 Å². The van der Waals surface area contributed by atoms with Crippen molar-refractivity contribution in [3.63, 3.8) is 0 Å². The summed E-state index contributed by atoms with van der Waals surface area (Å²) in [6.45, 7) is 1.44. The lowest BCUT2D eigenvalue weighted by Gasteiger charge is -2.44. The Kier molecular flexibility index (Phi) is 3.16. The fourth-order valence-corrected chi connectivity index (χ4v) is 3.57. The second kappa shape index (κ2) is 4.25. The van der Waals surface area contributed by atoms with E-state index in [-0.39, 0.29) is 13.1 Å². The Morgan fingerprint density at radius 1 is 1.33 bits per heavy atom. The molecule has 0 saturated carbocycles. The van der Waals surface area contributed by atoms with Crippen LogP contribution in [0.15, 0.2) is 23.1 Å². The van der Waals surface area contributed by atoms with Gasteiger partial charge in [-0.2, -0.15) is 4.31 Å². The molecule has 1 aromatic carbocycles. The van der Waals surface area contributed by atoms with Gasteiger partial charge in [-0.1, -0.05) is 13.0 Å². The van der Waals surface area contributed by atoms with Crippen molar-refractivity contribution >= 4 is 10.0 Å². The second-order valence-electron chi connectivity index (χ2n) is 4.40. The average Bonchev–Trinajstić information content (AvgIpc) is 2.24. The molecule has 100 valence electrons. The van der Waals surface area contributed by atoms with E-state index < -0.39 is 32.2 Å². The largest absolute Gasteiger partial charge is 0.387 e. The molecule has 0 atom stereocenters. The zero-order chi connectivity index (χ0) is 13.6. The summed E-state index contributed by atoms with van der Waals surface area (Å²) in [6, 6.07) is 2.88. The lowest BCUT2D eigenvalue weighted by Crippen LogP contribution is -2.63. The number of hydrogen-bond donors (Lipinski definition) is 1. The van der Waals surface area contributed by atoms with Gasteiger partial charge in [0, 0.05) is 13.1 Å². The Labute approximate surface area is 104 Å². The van der Waals surface area contributed by atoms with Crippen LogP contribution in [0.2, 0.25) is 0 Å². The quantitative estimate of drug-likeness (QED) is 0.900. The van der Waals surface area contributed by atoms with E-state index in [0.717, 1.165) is 22.5 Å². The van der Waals surface area contributed by atoms with E-state index in [9.17, 15) is 22.3 Å². The molecule has 0 radical (unpaired) electrons. The third-order valence-corrected chi connectivity index (χ3v) is 4.96. The van der Waals surface area contributed by atoms with Crippen LogP contribution in [-0.2, 0) is 10.0 Å². The van der Waals surface area contributed by atoms with E-state index in [1.165, 1.54) is 0 Å². The molecule has 0 aromatic heterocycles. The Morgan fingerprint density at radius 3 is 2.28 bits per heavy atom. The van der Waals surface area contributed by atoms with Crippen molar-refractivity contribution in [2.24, 2.45) is 0 Å². The Bertz CT molecular complexity index is 547. The summed E-state index contributed by atoms with van der Waals surface area (Å²) < 4.78 is 51.7. The van der Waals surface area contributed by atoms with Crippen molar-refractivity contribution in [2.45, 2.75) is 23.8 Å². The van der Waals surface area contributed by atoms with Gasteiger partial charge in [0.15, 0.2) is 4.90 Å². The third kappa shape index (κ3) is 2.02. The van der Waals surface area contributed by atoms with Crippen LogP contribution in [-0.4, -0.2) is 36.5 Å². The molecule has 0 aliphatic carbocycles. The maximum atomic E-state index is 13.4. The molecule has 1 saturated heterocycles. The van der Waals surface area contributed by atoms with Crippen LogP contribution in [0, 0.1) is 11.6 Å². The topological polar surface area (TPSA) is 57.6 Å². The van der Waals surface area contributed by atoms with Gasteiger partial charge in [0.25, 0.3) is 0 Å². The Morgan fingerprint density at radius 2 is 1.83 bits per heavy atom. The normalized spacial score (nSPS) is 19.6. The zero-order valence-corrected chi connectivity index (χ0v) is 10.5. The van der Waals surface area contributed by atoms with Crippen molar-refractivity contribution in [1.82, 2.24) is 4.31 Å². The average molecular weight is 277 g/mol. The Balaban J connectivity index is 2.34. The van der Waals surface area contributed by atoms with Crippen LogP contribution in [0.25, 0.3) is 0 Å². The molecule has 0 unspecified atom stereocenters. The van der Waals surface area contributed by atoms with Gasteiger partial charge in [-0.3, -0.25) is 0 Å². The standard InChI is InChI=1S/C11H13F2NO3S/c1-2-11(15)6-14(7-11)18(16,17)10-8(12)4-3-5-9(10)13/h3-5,15H,2,6-7H2,1H3. The van der Waals surface area contributed by atoms with E-state index in [2.05, 4.69) is 0 Å². The fourth-order valence-electron chi connectivity index (χ4n) is 1.86. The highest BCUT2D eigenvalue weighted by atomic mass is 32.2. The molecule has 0 bridgehead atoms. The first-order valence-corrected chi connectivity index (χ1v) is 6.91. The molecule has 18 heavy (non-hydrogen) atoms. The van der Waals surface area contributed by atoms with Crippen LogP contribution in [0.1, 0.15) is 13.3 Å². The molecule has 0 spiro atoms. The minimum atomic E-state index is -4.22. The van der Waals surface area contributed by atoms with Gasteiger partial charge in [-0.25, -0.2) is 17.2 Å². The molecular weight excluding hydrogens is 264 g/mol. The minimum Gasteiger partial charge on any atom is -0.387 e. The number of nitrogens with zero attached hydrogens (tertiary/aromatic N) is 1. The molecule has 0 amide bonds. The van der Waals surface area contributed by atoms with E-state index in [4.69, 9.17) is 0 Å². The van der Waals surface area contributed by atoms with Gasteiger partial charge in [0.1, 0.15) is 11.6 Å². The molecule has 7 heteroatoms. The number of β-amino-alcohol motifs (C(OH)–C–C–N with tert-alkyl or cyclic N) is 1. The van der Waals surface area contributed by atoms with Crippen molar-refractivity contribution in [1.29, 1.82) is 0 Å². The summed E-state index contributed by atoms with van der Waals surface area (Å²) in [4.78, 5) is -0.955. The lowest BCUT2D eigenvalue weighted by atomic mass is 9.94. The number of hydrogen-bond acceptors (Lipinski definition) is 3. The molecule has 1 aliphatic rings. The van der Waals surface area contributed by atoms with Crippen molar-refractivity contribution in [3.8, 4) is 0 Å². The zero-order valence-electron chi connectivity index (χ0n) is 9.73. The highest BCUT2D eigenvalue weighted by Crippen LogP contribution is 2.32. The molecule has 1 aliphatic heterocycles. The predicted molar refractivity (Wildman–Crippen MR) is 60.4 cm³/mol. The molecule has 1 heterocycles. The number of sulfonamides is 1. The summed E-state index contributed by atoms with van der Waals surface area (Å²) in [5.41, 5.74) is -1.09. The Hall–Kier alpha value is -1.05. The van der Waals surface area contributed by atoms with Gasteiger partial charge >= 0.3 is 0 Å². The van der Waals surface area contributed by atoms with Crippen LogP contribution in [0.3, 0.4) is 0 Å². The van der Waals surface area contributed by atoms with E-state index in [0.29, 0.717) is 6.42 Å². The SMILES string of the molecule is CCC1(O)CN(S(=O)(=O)c2c(F)cccc2F)C1. The number of halogens is 2. The molecular formula is C11H13F2NO3S. The fraction of sp³-hybridized carbons (Fsp3) is 0.455. The highest BCUT2D eigenvalue weighted by Gasteiger charge is 2.47. The monoisotopic (exact) mass is 277 g/mol. The first-order valence-electron chi connectivity index (χ1n) is 5.47. The van der Waals surface area contributed by atoms with Crippen LogP contribution in [0.5, 0.6) is 0 Å². The molecule has 1 fully saturated rings. The summed E-state index contributed by atoms with van der Waals surface area (Å²) >= 11 is 0. The van der Waals surface area contributed by atoms with Gasteiger partial charge < -0.3 is 5.11 Å². The maximum absolute atomic E-state index is 13.4. The lowest BCUT2D eigenvalue weighted by molar-refractivity contribution is -0.0614. The summed E-state index contributed by atoms with van der Waals surface area (Å²) in [5, 5.41) is 9.74. The minimum absolute atomic E-state index is 0.139. The van der Waals surface area contributed by atoms with Crippen molar-refractivity contribution < 1.29 is 22.3 Å². The van der Waals surface area contributed by atoms with Crippen LogP contribution in [0.4, 0.5) is 8.78 Å². The number of aliphatic hydroxyl groups is 1. The van der Waals surface area contributed by atoms with Crippen LogP contribution < -0.4 is 0 Å². The van der Waals surface area contributed by atoms with Crippen molar-refractivity contribution in [3.05, 3.63) is 29.8 Å². The molecule has 1 N–H and O–H groups in total. The summed E-state index contributed by atoms with van der Waals surface area (Å²) in [6.07, 6.45) is 0.388. The van der Waals surface area contributed by atoms with E-state index >= 15 is 0 Å². The molecule has 4 nitrogen and oxygen atoms in total. The summed E-state index contributed by atoms with van der Waals surface area (Å²) in [5.74, 6) is -2.25. The number of benzene rings is 1. The van der Waals surface area contributed by atoms with Gasteiger partial charge in [0.2, 0.25) is 10.0 Å². The third-order valence-electron chi connectivity index (χ3n) is 3.12. The van der Waals surface area contributed by atoms with E-state index in [1.807, 2.05) is 0 Å². The second-order valence-corrected chi connectivity index (χ2v) is 6.28. The van der Waals surface area contributed by atoms with Gasteiger partial charge in [-0.05, 0) is 18.6 Å². The maximum Gasteiger partial charge on any atom is 0.249 e. The smallest absolute Gasteiger partial charge is 0.249 e. The number of rotatable bonds is 3. The predicted octanol–water partition coefficient (Wildman–Crippen LogP) is 1.11.